The highest BCUT2D eigenvalue weighted by Crippen LogP contribution is 2.34. The minimum absolute atomic E-state index is 0.699. The molecule has 0 aliphatic rings. The smallest absolute Gasteiger partial charge is 0.227 e. The Morgan fingerprint density at radius 3 is 2.52 bits per heavy atom. The summed E-state index contributed by atoms with van der Waals surface area (Å²) in [4.78, 5) is 4.31. The van der Waals surface area contributed by atoms with E-state index < -0.39 is 0 Å². The predicted molar refractivity (Wildman–Crippen MR) is 86.3 cm³/mol. The molecule has 0 bridgehead atoms. The third-order valence-electron chi connectivity index (χ3n) is 3.95. The fraction of sp³-hybridized carbons (Fsp3) is 0.105. The Bertz CT molecular complexity index is 919. The SMILES string of the molecule is CCc1ccc(-c2cccc3c2oc2ncccc23)cc1. The molecule has 0 fully saturated rings. The van der Waals surface area contributed by atoms with E-state index in [4.69, 9.17) is 4.42 Å². The van der Waals surface area contributed by atoms with Gasteiger partial charge in [-0.2, -0.15) is 0 Å². The van der Waals surface area contributed by atoms with Gasteiger partial charge in [-0.05, 0) is 29.7 Å². The molecule has 21 heavy (non-hydrogen) atoms. The largest absolute Gasteiger partial charge is 0.437 e. The number of rotatable bonds is 2. The lowest BCUT2D eigenvalue weighted by Crippen LogP contribution is -1.82. The number of hydrogen-bond acceptors (Lipinski definition) is 2. The van der Waals surface area contributed by atoms with Gasteiger partial charge in [-0.25, -0.2) is 4.98 Å². The predicted octanol–water partition coefficient (Wildman–Crippen LogP) is 5.21. The van der Waals surface area contributed by atoms with Gasteiger partial charge in [0.1, 0.15) is 5.58 Å². The number of benzene rings is 2. The van der Waals surface area contributed by atoms with Crippen LogP contribution in [0.15, 0.2) is 65.2 Å². The monoisotopic (exact) mass is 273 g/mol. The van der Waals surface area contributed by atoms with Gasteiger partial charge < -0.3 is 4.42 Å². The minimum Gasteiger partial charge on any atom is -0.437 e. The number of aryl methyl sites for hydroxylation is 1. The highest BCUT2D eigenvalue weighted by molar-refractivity contribution is 6.08. The summed E-state index contributed by atoms with van der Waals surface area (Å²) in [7, 11) is 0. The van der Waals surface area contributed by atoms with E-state index in [1.54, 1.807) is 6.20 Å². The molecule has 0 radical (unpaired) electrons. The maximum Gasteiger partial charge on any atom is 0.227 e. The van der Waals surface area contributed by atoms with Gasteiger partial charge in [-0.15, -0.1) is 0 Å². The van der Waals surface area contributed by atoms with Crippen LogP contribution in [0.25, 0.3) is 33.2 Å². The zero-order valence-electron chi connectivity index (χ0n) is 11.8. The van der Waals surface area contributed by atoms with Crippen LogP contribution in [0, 0.1) is 0 Å². The molecule has 2 nitrogen and oxygen atoms in total. The summed E-state index contributed by atoms with van der Waals surface area (Å²) in [5, 5.41) is 2.19. The second kappa shape index (κ2) is 4.74. The number of furan rings is 1. The second-order valence-corrected chi connectivity index (χ2v) is 5.19. The molecular weight excluding hydrogens is 258 g/mol. The number of fused-ring (bicyclic) bond motifs is 3. The van der Waals surface area contributed by atoms with Gasteiger partial charge in [0.05, 0.1) is 0 Å². The number of pyridine rings is 1. The van der Waals surface area contributed by atoms with Crippen molar-refractivity contribution in [1.29, 1.82) is 0 Å². The van der Waals surface area contributed by atoms with Crippen molar-refractivity contribution in [1.82, 2.24) is 4.98 Å². The van der Waals surface area contributed by atoms with Crippen molar-refractivity contribution < 1.29 is 4.42 Å². The van der Waals surface area contributed by atoms with Crippen LogP contribution in [0.5, 0.6) is 0 Å². The maximum absolute atomic E-state index is 5.98. The summed E-state index contributed by atoms with van der Waals surface area (Å²) in [6, 6.07) is 18.9. The molecule has 2 aromatic carbocycles. The highest BCUT2D eigenvalue weighted by Gasteiger charge is 2.12. The molecule has 0 aliphatic carbocycles. The first kappa shape index (κ1) is 12.2. The average molecular weight is 273 g/mol. The molecule has 0 atom stereocenters. The Morgan fingerprint density at radius 1 is 0.905 bits per heavy atom. The Balaban J connectivity index is 1.99. The summed E-state index contributed by atoms with van der Waals surface area (Å²) in [6.45, 7) is 2.17. The summed E-state index contributed by atoms with van der Waals surface area (Å²) in [5.41, 5.74) is 5.25. The van der Waals surface area contributed by atoms with Crippen LogP contribution in [-0.2, 0) is 6.42 Å². The summed E-state index contributed by atoms with van der Waals surface area (Å²) < 4.78 is 5.98. The van der Waals surface area contributed by atoms with Crippen LogP contribution in [0.4, 0.5) is 0 Å². The Hall–Kier alpha value is -2.61. The fourth-order valence-electron chi connectivity index (χ4n) is 2.78. The third-order valence-corrected chi connectivity index (χ3v) is 3.95. The maximum atomic E-state index is 5.98. The van der Waals surface area contributed by atoms with Gasteiger partial charge in [-0.1, -0.05) is 49.4 Å². The summed E-state index contributed by atoms with van der Waals surface area (Å²) >= 11 is 0. The lowest BCUT2D eigenvalue weighted by molar-refractivity contribution is 0.655. The van der Waals surface area contributed by atoms with E-state index in [9.17, 15) is 0 Å². The molecule has 0 saturated heterocycles. The second-order valence-electron chi connectivity index (χ2n) is 5.19. The zero-order chi connectivity index (χ0) is 14.2. The lowest BCUT2D eigenvalue weighted by atomic mass is 10.0. The van der Waals surface area contributed by atoms with Crippen LogP contribution >= 0.6 is 0 Å². The normalized spacial score (nSPS) is 11.3. The van der Waals surface area contributed by atoms with Crippen molar-refractivity contribution in [2.45, 2.75) is 13.3 Å². The standard InChI is InChI=1S/C19H15NO/c1-2-13-8-10-14(11-9-13)15-5-3-6-16-17-7-4-12-20-19(17)21-18(15)16/h3-12H,2H2,1H3. The minimum atomic E-state index is 0.699. The van der Waals surface area contributed by atoms with Crippen molar-refractivity contribution in [3.8, 4) is 11.1 Å². The molecule has 0 unspecified atom stereocenters. The molecular formula is C19H15NO. The highest BCUT2D eigenvalue weighted by atomic mass is 16.3. The zero-order valence-corrected chi connectivity index (χ0v) is 11.8. The Kier molecular flexibility index (Phi) is 2.74. The van der Waals surface area contributed by atoms with E-state index in [0.717, 1.165) is 28.3 Å². The molecule has 0 amide bonds. The van der Waals surface area contributed by atoms with E-state index in [1.807, 2.05) is 6.07 Å². The molecule has 4 rings (SSSR count). The number of aromatic nitrogens is 1. The van der Waals surface area contributed by atoms with Crippen LogP contribution in [-0.4, -0.2) is 4.98 Å². The van der Waals surface area contributed by atoms with E-state index in [1.165, 1.54) is 11.1 Å². The first-order chi connectivity index (χ1) is 10.4. The van der Waals surface area contributed by atoms with Gasteiger partial charge in [0.25, 0.3) is 0 Å². The van der Waals surface area contributed by atoms with Gasteiger partial charge in [0.15, 0.2) is 0 Å². The topological polar surface area (TPSA) is 26.0 Å². The molecule has 2 aromatic heterocycles. The van der Waals surface area contributed by atoms with Crippen molar-refractivity contribution in [2.24, 2.45) is 0 Å². The van der Waals surface area contributed by atoms with E-state index in [-0.39, 0.29) is 0 Å². The van der Waals surface area contributed by atoms with Crippen LogP contribution in [0.2, 0.25) is 0 Å². The summed E-state index contributed by atoms with van der Waals surface area (Å²) in [5.74, 6) is 0. The molecule has 102 valence electrons. The first-order valence-electron chi connectivity index (χ1n) is 7.22. The first-order valence-corrected chi connectivity index (χ1v) is 7.22. The molecule has 0 spiro atoms. The van der Waals surface area contributed by atoms with Gasteiger partial charge in [0, 0.05) is 22.5 Å². The van der Waals surface area contributed by atoms with Crippen LogP contribution in [0.3, 0.4) is 0 Å². The van der Waals surface area contributed by atoms with Gasteiger partial charge >= 0.3 is 0 Å². The Morgan fingerprint density at radius 2 is 1.71 bits per heavy atom. The van der Waals surface area contributed by atoms with Crippen molar-refractivity contribution in [3.05, 3.63) is 66.4 Å². The number of nitrogens with zero attached hydrogens (tertiary/aromatic N) is 1. The summed E-state index contributed by atoms with van der Waals surface area (Å²) in [6.07, 6.45) is 2.82. The molecule has 2 heteroatoms. The Labute approximate surface area is 123 Å². The van der Waals surface area contributed by atoms with E-state index >= 15 is 0 Å². The van der Waals surface area contributed by atoms with Gasteiger partial charge in [-0.3, -0.25) is 0 Å². The number of para-hydroxylation sites is 1. The molecule has 2 heterocycles. The van der Waals surface area contributed by atoms with E-state index in [2.05, 4.69) is 60.4 Å². The molecule has 0 N–H and O–H groups in total. The molecule has 0 aliphatic heterocycles. The molecule has 0 saturated carbocycles. The quantitative estimate of drug-likeness (QED) is 0.501. The fourth-order valence-corrected chi connectivity index (χ4v) is 2.78. The van der Waals surface area contributed by atoms with Crippen LogP contribution in [0.1, 0.15) is 12.5 Å². The van der Waals surface area contributed by atoms with Crippen LogP contribution < -0.4 is 0 Å². The average Bonchev–Trinajstić information content (AvgIpc) is 2.94. The number of hydrogen-bond donors (Lipinski definition) is 0. The molecule has 4 aromatic rings. The van der Waals surface area contributed by atoms with Gasteiger partial charge in [0.2, 0.25) is 5.71 Å². The lowest BCUT2D eigenvalue weighted by Gasteiger charge is -2.04. The van der Waals surface area contributed by atoms with Crippen molar-refractivity contribution >= 4 is 22.1 Å². The van der Waals surface area contributed by atoms with Crippen molar-refractivity contribution in [3.63, 3.8) is 0 Å². The van der Waals surface area contributed by atoms with Crippen molar-refractivity contribution in [2.75, 3.05) is 0 Å². The van der Waals surface area contributed by atoms with E-state index in [0.29, 0.717) is 5.71 Å². The third kappa shape index (κ3) is 1.91.